The smallest absolute Gasteiger partial charge is 0.263 e. The third-order valence-electron chi connectivity index (χ3n) is 3.53. The van der Waals surface area contributed by atoms with Crippen LogP contribution in [0, 0.1) is 5.92 Å². The minimum atomic E-state index is -0.0826. The lowest BCUT2D eigenvalue weighted by atomic mass is 10.1. The molecule has 1 aliphatic carbocycles. The van der Waals surface area contributed by atoms with Gasteiger partial charge in [-0.1, -0.05) is 30.3 Å². The van der Waals surface area contributed by atoms with Gasteiger partial charge in [-0.2, -0.15) is 4.37 Å². The van der Waals surface area contributed by atoms with Crippen molar-refractivity contribution in [1.82, 2.24) is 9.69 Å². The van der Waals surface area contributed by atoms with E-state index in [0.717, 1.165) is 11.3 Å². The van der Waals surface area contributed by atoms with Crippen molar-refractivity contribution in [1.29, 1.82) is 0 Å². The maximum absolute atomic E-state index is 12.0. The second kappa shape index (κ2) is 7.02. The molecule has 0 spiro atoms. The summed E-state index contributed by atoms with van der Waals surface area (Å²) in [5.41, 5.74) is 7.84. The number of carbonyl (C=O) groups is 1. The third kappa shape index (κ3) is 4.03. The summed E-state index contributed by atoms with van der Waals surface area (Å²) < 4.78 is 4.33. The summed E-state index contributed by atoms with van der Waals surface area (Å²) in [6.45, 7) is 0.544. The normalized spacial score (nSPS) is 15.1. The molecule has 112 valence electrons. The van der Waals surface area contributed by atoms with E-state index in [1.54, 1.807) is 0 Å². The zero-order chi connectivity index (χ0) is 13.9. The van der Waals surface area contributed by atoms with Gasteiger partial charge < -0.3 is 11.1 Å². The molecule has 0 aliphatic heterocycles. The van der Waals surface area contributed by atoms with Crippen LogP contribution in [0.1, 0.15) is 22.5 Å². The number of hydrogen-bond donors (Lipinski definition) is 2. The molecule has 4 nitrogen and oxygen atoms in total. The van der Waals surface area contributed by atoms with Gasteiger partial charge in [0.25, 0.3) is 5.91 Å². The predicted octanol–water partition coefficient (Wildman–Crippen LogP) is 2.70. The van der Waals surface area contributed by atoms with Crippen LogP contribution >= 0.6 is 23.9 Å². The van der Waals surface area contributed by atoms with E-state index in [9.17, 15) is 4.79 Å². The Morgan fingerprint density at radius 1 is 1.38 bits per heavy atom. The van der Waals surface area contributed by atoms with Crippen LogP contribution in [-0.4, -0.2) is 22.9 Å². The first-order valence-electron chi connectivity index (χ1n) is 6.80. The topological polar surface area (TPSA) is 68.0 Å². The quantitative estimate of drug-likeness (QED) is 0.889. The largest absolute Gasteiger partial charge is 0.350 e. The van der Waals surface area contributed by atoms with Crippen molar-refractivity contribution in [2.75, 3.05) is 6.54 Å². The van der Waals surface area contributed by atoms with Crippen LogP contribution in [0.3, 0.4) is 0 Å². The summed E-state index contributed by atoms with van der Waals surface area (Å²) in [6, 6.07) is 11.8. The van der Waals surface area contributed by atoms with Crippen molar-refractivity contribution < 1.29 is 4.79 Å². The highest BCUT2D eigenvalue weighted by Crippen LogP contribution is 2.31. The van der Waals surface area contributed by atoms with E-state index in [0.29, 0.717) is 17.3 Å². The van der Waals surface area contributed by atoms with Crippen molar-refractivity contribution in [2.45, 2.75) is 18.9 Å². The van der Waals surface area contributed by atoms with Gasteiger partial charge in [0.2, 0.25) is 0 Å². The van der Waals surface area contributed by atoms with Gasteiger partial charge in [-0.25, -0.2) is 0 Å². The number of nitrogens with zero attached hydrogens (tertiary/aromatic N) is 1. The highest BCUT2D eigenvalue weighted by Gasteiger charge is 2.28. The Labute approximate surface area is 134 Å². The molecule has 1 amide bonds. The van der Waals surface area contributed by atoms with Gasteiger partial charge in [-0.15, -0.1) is 12.4 Å². The molecule has 0 bridgehead atoms. The zero-order valence-electron chi connectivity index (χ0n) is 11.5. The second-order valence-corrected chi connectivity index (χ2v) is 5.96. The molecule has 1 aromatic heterocycles. The average molecular weight is 324 g/mol. The van der Waals surface area contributed by atoms with Crippen molar-refractivity contribution in [3.8, 4) is 11.3 Å². The summed E-state index contributed by atoms with van der Waals surface area (Å²) >= 11 is 1.23. The number of amides is 1. The molecule has 21 heavy (non-hydrogen) atoms. The SMILES string of the molecule is Cl.NC(CNC(=O)c1cc(-c2ccccc2)ns1)C1CC1. The fourth-order valence-corrected chi connectivity index (χ4v) is 2.79. The molecule has 3 rings (SSSR count). The molecule has 1 heterocycles. The molecule has 6 heteroatoms. The first-order chi connectivity index (χ1) is 9.74. The maximum Gasteiger partial charge on any atom is 0.263 e. The van der Waals surface area contributed by atoms with Crippen LogP contribution in [0.2, 0.25) is 0 Å². The van der Waals surface area contributed by atoms with Gasteiger partial charge >= 0.3 is 0 Å². The zero-order valence-corrected chi connectivity index (χ0v) is 13.1. The molecule has 1 aromatic carbocycles. The molecule has 1 unspecified atom stereocenters. The van der Waals surface area contributed by atoms with Crippen LogP contribution in [0.4, 0.5) is 0 Å². The monoisotopic (exact) mass is 323 g/mol. The van der Waals surface area contributed by atoms with Gasteiger partial charge in [0.1, 0.15) is 4.88 Å². The molecule has 1 atom stereocenters. The molecule has 0 saturated heterocycles. The van der Waals surface area contributed by atoms with E-state index < -0.39 is 0 Å². The van der Waals surface area contributed by atoms with Crippen molar-refractivity contribution in [3.63, 3.8) is 0 Å². The third-order valence-corrected chi connectivity index (χ3v) is 4.32. The van der Waals surface area contributed by atoms with Crippen molar-refractivity contribution in [2.24, 2.45) is 11.7 Å². The van der Waals surface area contributed by atoms with Gasteiger partial charge in [0.05, 0.1) is 5.69 Å². The van der Waals surface area contributed by atoms with Crippen LogP contribution in [0.25, 0.3) is 11.3 Å². The first-order valence-corrected chi connectivity index (χ1v) is 7.57. The Bertz CT molecular complexity index is 598. The maximum atomic E-state index is 12.0. The molecule has 1 fully saturated rings. The second-order valence-electron chi connectivity index (χ2n) is 5.15. The first kappa shape index (κ1) is 15.9. The number of benzene rings is 1. The Morgan fingerprint density at radius 2 is 2.10 bits per heavy atom. The Hall–Kier alpha value is -1.43. The summed E-state index contributed by atoms with van der Waals surface area (Å²) in [7, 11) is 0. The van der Waals surface area contributed by atoms with E-state index >= 15 is 0 Å². The molecule has 1 saturated carbocycles. The number of hydrogen-bond acceptors (Lipinski definition) is 4. The molecule has 1 aliphatic rings. The van der Waals surface area contributed by atoms with Crippen LogP contribution in [0.5, 0.6) is 0 Å². The highest BCUT2D eigenvalue weighted by molar-refractivity contribution is 7.08. The Kier molecular flexibility index (Phi) is 5.33. The number of halogens is 1. The standard InChI is InChI=1S/C15H17N3OS.ClH/c16-12(10-6-7-10)9-17-15(19)14-8-13(18-20-14)11-4-2-1-3-5-11;/h1-5,8,10,12H,6-7,9,16H2,(H,17,19);1H. The van der Waals surface area contributed by atoms with E-state index in [2.05, 4.69) is 9.69 Å². The van der Waals surface area contributed by atoms with E-state index in [1.165, 1.54) is 24.4 Å². The number of nitrogens with two attached hydrogens (primary N) is 1. The number of nitrogens with one attached hydrogen (secondary N) is 1. The average Bonchev–Trinajstić information content (AvgIpc) is 3.22. The van der Waals surface area contributed by atoms with Gasteiger partial charge in [-0.05, 0) is 36.4 Å². The minimum absolute atomic E-state index is 0. The molecule has 0 radical (unpaired) electrons. The lowest BCUT2D eigenvalue weighted by molar-refractivity contribution is 0.0954. The van der Waals surface area contributed by atoms with Gasteiger partial charge in [0, 0.05) is 18.2 Å². The van der Waals surface area contributed by atoms with Crippen molar-refractivity contribution in [3.05, 3.63) is 41.3 Å². The van der Waals surface area contributed by atoms with Gasteiger partial charge in [-0.3, -0.25) is 4.79 Å². The van der Waals surface area contributed by atoms with E-state index in [4.69, 9.17) is 5.73 Å². The minimum Gasteiger partial charge on any atom is -0.350 e. The summed E-state index contributed by atoms with van der Waals surface area (Å²) in [6.07, 6.45) is 2.38. The molecular weight excluding hydrogens is 306 g/mol. The predicted molar refractivity (Wildman–Crippen MR) is 87.8 cm³/mol. The summed E-state index contributed by atoms with van der Waals surface area (Å²) in [5, 5.41) is 2.89. The molecule has 2 aromatic rings. The molecule has 3 N–H and O–H groups in total. The van der Waals surface area contributed by atoms with E-state index in [1.807, 2.05) is 36.4 Å². The fourth-order valence-electron chi connectivity index (χ4n) is 2.12. The fraction of sp³-hybridized carbons (Fsp3) is 0.333. The highest BCUT2D eigenvalue weighted by atomic mass is 35.5. The van der Waals surface area contributed by atoms with Gasteiger partial charge in [0.15, 0.2) is 0 Å². The summed E-state index contributed by atoms with van der Waals surface area (Å²) in [5.74, 6) is 0.512. The number of rotatable bonds is 5. The number of aromatic nitrogens is 1. The lowest BCUT2D eigenvalue weighted by Gasteiger charge is -2.10. The Balaban J connectivity index is 0.00000161. The van der Waals surface area contributed by atoms with Crippen molar-refractivity contribution >= 4 is 29.8 Å². The molecular formula is C15H18ClN3OS. The van der Waals surface area contributed by atoms with Crippen LogP contribution < -0.4 is 11.1 Å². The Morgan fingerprint density at radius 3 is 2.76 bits per heavy atom. The number of carbonyl (C=O) groups excluding carboxylic acids is 1. The van der Waals surface area contributed by atoms with Crippen LogP contribution in [-0.2, 0) is 0 Å². The van der Waals surface area contributed by atoms with E-state index in [-0.39, 0.29) is 24.4 Å². The summed E-state index contributed by atoms with van der Waals surface area (Å²) in [4.78, 5) is 12.7. The lowest BCUT2D eigenvalue weighted by Crippen LogP contribution is -2.38. The van der Waals surface area contributed by atoms with Crippen LogP contribution in [0.15, 0.2) is 36.4 Å².